The van der Waals surface area contributed by atoms with E-state index in [0.29, 0.717) is 0 Å². The van der Waals surface area contributed by atoms with Gasteiger partial charge in [-0.05, 0) is 79.1 Å². The van der Waals surface area contributed by atoms with E-state index >= 15 is 0 Å². The molecule has 0 saturated carbocycles. The Morgan fingerprint density at radius 1 is 0.439 bits per heavy atom. The molecule has 41 heavy (non-hydrogen) atoms. The number of rotatable bonds is 6. The molecule has 0 aliphatic heterocycles. The molecule has 0 atom stereocenters. The predicted molar refractivity (Wildman–Crippen MR) is 180 cm³/mol. The third-order valence-electron chi connectivity index (χ3n) is 7.23. The molecular formula is C38H36CoP2-6. The van der Waals surface area contributed by atoms with Gasteiger partial charge in [0.05, 0.1) is 0 Å². The van der Waals surface area contributed by atoms with Crippen LogP contribution in [0.4, 0.5) is 0 Å². The number of benzene rings is 4. The first kappa shape index (κ1) is 30.9. The summed E-state index contributed by atoms with van der Waals surface area (Å²) in [6.07, 6.45) is 0. The largest absolute Gasteiger partial charge is 0.748 e. The van der Waals surface area contributed by atoms with E-state index in [1.54, 1.807) is 0 Å². The summed E-state index contributed by atoms with van der Waals surface area (Å²) in [5.41, 5.74) is 5.46. The molecule has 0 aromatic heterocycles. The van der Waals surface area contributed by atoms with Gasteiger partial charge in [-0.15, -0.1) is 10.6 Å². The maximum Gasteiger partial charge on any atom is 0 e. The Balaban J connectivity index is 0.000000584. The Labute approximate surface area is 258 Å². The maximum absolute atomic E-state index is 2.39. The van der Waals surface area contributed by atoms with Gasteiger partial charge in [0, 0.05) is 16.8 Å². The first-order valence-corrected chi connectivity index (χ1v) is 16.5. The molecule has 0 fully saturated rings. The Morgan fingerprint density at radius 3 is 1.15 bits per heavy atom. The van der Waals surface area contributed by atoms with Gasteiger partial charge in [0.1, 0.15) is 0 Å². The third-order valence-corrected chi connectivity index (χ3v) is 13.1. The molecule has 6 aromatic carbocycles. The second-order valence-corrected chi connectivity index (χ2v) is 14.3. The SMILES string of the molecule is Cc1ccccc1P(c1ccccc1C)c1ccc[c-]1P(c1ccccc1C)c1ccccc1C.[Co].[cH-]1[cH-][cH-][cH-][cH-]1. The Hall–Kier alpha value is -3.05. The van der Waals surface area contributed by atoms with Gasteiger partial charge < -0.3 is 30.3 Å². The summed E-state index contributed by atoms with van der Waals surface area (Å²) in [5, 5.41) is 8.78. The molecule has 0 nitrogen and oxygen atoms in total. The van der Waals surface area contributed by atoms with Gasteiger partial charge in [0.2, 0.25) is 0 Å². The molecule has 0 aliphatic rings. The first-order valence-electron chi connectivity index (χ1n) is 13.8. The molecule has 6 rings (SSSR count). The van der Waals surface area contributed by atoms with Gasteiger partial charge >= 0.3 is 0 Å². The zero-order valence-corrected chi connectivity index (χ0v) is 26.9. The van der Waals surface area contributed by atoms with Crippen LogP contribution >= 0.6 is 15.8 Å². The normalized spacial score (nSPS) is 10.7. The fourth-order valence-corrected chi connectivity index (χ4v) is 11.0. The zero-order valence-electron chi connectivity index (χ0n) is 24.1. The zero-order chi connectivity index (χ0) is 27.9. The van der Waals surface area contributed by atoms with Crippen LogP contribution in [0.25, 0.3) is 0 Å². The third kappa shape index (κ3) is 7.06. The van der Waals surface area contributed by atoms with Crippen molar-refractivity contribution in [3.63, 3.8) is 0 Å². The minimum atomic E-state index is -0.688. The summed E-state index contributed by atoms with van der Waals surface area (Å²) >= 11 is 0. The van der Waals surface area contributed by atoms with Crippen molar-refractivity contribution < 1.29 is 16.8 Å². The molecule has 0 amide bonds. The van der Waals surface area contributed by atoms with E-state index in [1.807, 2.05) is 30.3 Å². The number of aryl methyl sites for hydroxylation is 4. The molecule has 0 bridgehead atoms. The molecule has 213 valence electrons. The van der Waals surface area contributed by atoms with Gasteiger partial charge in [-0.1, -0.05) is 105 Å². The van der Waals surface area contributed by atoms with Crippen LogP contribution in [0.5, 0.6) is 0 Å². The fourth-order valence-electron chi connectivity index (χ4n) is 5.14. The second-order valence-electron chi connectivity index (χ2n) is 10.1. The minimum Gasteiger partial charge on any atom is -0.748 e. The van der Waals surface area contributed by atoms with Crippen LogP contribution in [0.1, 0.15) is 22.3 Å². The number of hydrogen-bond acceptors (Lipinski definition) is 0. The molecule has 0 heterocycles. The quantitative estimate of drug-likeness (QED) is 0.134. The van der Waals surface area contributed by atoms with Crippen molar-refractivity contribution >= 4 is 47.7 Å². The van der Waals surface area contributed by atoms with Gasteiger partial charge in [-0.25, -0.2) is 12.1 Å². The molecular weight excluding hydrogens is 577 g/mol. The standard InChI is InChI=1S/C33H31P2.C5H5.Co/c1-24-14-5-9-18-28(24)34(29-19-10-6-15-25(29)2)32-22-13-23-33(32)35(30-20-11-7-16-26(30)3)31-21-12-8-17-27(31)4;1-2-4-5-3-1;/h5-23H,1-4H3;1-5H;/q-1;-5;. The predicted octanol–water partition coefficient (Wildman–Crippen LogP) is 7.56. The van der Waals surface area contributed by atoms with Gasteiger partial charge in [-0.2, -0.15) is 6.07 Å². The molecule has 0 saturated heterocycles. The maximum atomic E-state index is 2.39. The molecule has 0 aliphatic carbocycles. The van der Waals surface area contributed by atoms with Crippen molar-refractivity contribution in [3.05, 3.63) is 168 Å². The average molecular weight is 614 g/mol. The van der Waals surface area contributed by atoms with E-state index < -0.39 is 15.8 Å². The summed E-state index contributed by atoms with van der Waals surface area (Å²) in [6, 6.07) is 52.9. The van der Waals surface area contributed by atoms with Crippen molar-refractivity contribution in [1.82, 2.24) is 0 Å². The second kappa shape index (κ2) is 14.7. The summed E-state index contributed by atoms with van der Waals surface area (Å²) in [6.45, 7) is 9.04. The summed E-state index contributed by atoms with van der Waals surface area (Å²) in [4.78, 5) is 0. The van der Waals surface area contributed by atoms with Gasteiger partial charge in [0.15, 0.2) is 0 Å². The summed E-state index contributed by atoms with van der Waals surface area (Å²) < 4.78 is 0. The Morgan fingerprint density at radius 2 is 0.780 bits per heavy atom. The fraction of sp³-hybridized carbons (Fsp3) is 0.105. The van der Waals surface area contributed by atoms with Crippen molar-refractivity contribution in [1.29, 1.82) is 0 Å². The van der Waals surface area contributed by atoms with Crippen LogP contribution in [0, 0.1) is 27.7 Å². The van der Waals surface area contributed by atoms with Crippen molar-refractivity contribution in [2.75, 3.05) is 0 Å². The molecule has 1 radical (unpaired) electrons. The Bertz CT molecular complexity index is 1440. The van der Waals surface area contributed by atoms with E-state index in [9.17, 15) is 0 Å². The molecule has 0 unspecified atom stereocenters. The van der Waals surface area contributed by atoms with Crippen LogP contribution in [-0.4, -0.2) is 0 Å². The van der Waals surface area contributed by atoms with E-state index in [-0.39, 0.29) is 16.8 Å². The summed E-state index contributed by atoms with van der Waals surface area (Å²) in [5.74, 6) is 0. The van der Waals surface area contributed by atoms with E-state index in [2.05, 4.69) is 143 Å². The monoisotopic (exact) mass is 613 g/mol. The van der Waals surface area contributed by atoms with Crippen LogP contribution in [0.3, 0.4) is 0 Å². The van der Waals surface area contributed by atoms with Crippen molar-refractivity contribution in [2.24, 2.45) is 0 Å². The minimum absolute atomic E-state index is 0. The summed E-state index contributed by atoms with van der Waals surface area (Å²) in [7, 11) is -1.38. The molecule has 3 heteroatoms. The smallest absolute Gasteiger partial charge is 0 e. The van der Waals surface area contributed by atoms with E-state index in [1.165, 1.54) is 54.1 Å². The van der Waals surface area contributed by atoms with Crippen LogP contribution in [0.2, 0.25) is 0 Å². The van der Waals surface area contributed by atoms with Gasteiger partial charge in [-0.3, -0.25) is 0 Å². The van der Waals surface area contributed by atoms with Crippen molar-refractivity contribution in [2.45, 2.75) is 27.7 Å². The van der Waals surface area contributed by atoms with Gasteiger partial charge in [0.25, 0.3) is 0 Å². The number of hydrogen-bond donors (Lipinski definition) is 0. The van der Waals surface area contributed by atoms with Crippen molar-refractivity contribution in [3.8, 4) is 0 Å². The average Bonchev–Trinajstić information content (AvgIpc) is 3.70. The van der Waals surface area contributed by atoms with E-state index in [0.717, 1.165) is 0 Å². The topological polar surface area (TPSA) is 0 Å². The van der Waals surface area contributed by atoms with Crippen LogP contribution < -0.4 is 31.8 Å². The van der Waals surface area contributed by atoms with Crippen LogP contribution in [0.15, 0.2) is 146 Å². The molecule has 0 spiro atoms. The molecule has 6 aromatic rings. The van der Waals surface area contributed by atoms with Crippen LogP contribution in [-0.2, 0) is 16.8 Å². The first-order chi connectivity index (χ1) is 19.6. The molecule has 0 N–H and O–H groups in total. The Kier molecular flexibility index (Phi) is 11.1. The van der Waals surface area contributed by atoms with E-state index in [4.69, 9.17) is 0 Å².